The monoisotopic (exact) mass is 359 g/mol. The zero-order valence-corrected chi connectivity index (χ0v) is 9.80. The molecule has 0 atom stereocenters. The molecule has 2 N–H and O–H groups in total. The molecule has 0 amide bonds. The van der Waals surface area contributed by atoms with Crippen molar-refractivity contribution < 1.29 is 0 Å². The van der Waals surface area contributed by atoms with Crippen molar-refractivity contribution in [2.75, 3.05) is 5.73 Å². The van der Waals surface area contributed by atoms with E-state index in [0.29, 0.717) is 0 Å². The molecule has 0 heterocycles. The number of anilines is 1. The van der Waals surface area contributed by atoms with E-state index in [1.807, 2.05) is 13.0 Å². The quantitative estimate of drug-likeness (QED) is 0.560. The average Bonchev–Trinajstić information content (AvgIpc) is 1.93. The van der Waals surface area contributed by atoms with E-state index >= 15 is 0 Å². The van der Waals surface area contributed by atoms with Gasteiger partial charge in [0.25, 0.3) is 0 Å². The Labute approximate surface area is 87.7 Å². The van der Waals surface area contributed by atoms with Gasteiger partial charge in [0.1, 0.15) is 0 Å². The van der Waals surface area contributed by atoms with Crippen LogP contribution in [0.1, 0.15) is 5.56 Å². The van der Waals surface area contributed by atoms with Crippen LogP contribution >= 0.6 is 45.2 Å². The molecule has 0 aliphatic rings. The second-order valence-corrected chi connectivity index (χ2v) is 4.39. The van der Waals surface area contributed by atoms with Crippen molar-refractivity contribution in [1.29, 1.82) is 0 Å². The molecule has 0 aromatic heterocycles. The first-order valence-corrected chi connectivity index (χ1v) is 4.98. The van der Waals surface area contributed by atoms with E-state index in [-0.39, 0.29) is 0 Å². The number of rotatable bonds is 0. The number of hydrogen-bond donors (Lipinski definition) is 1. The van der Waals surface area contributed by atoms with E-state index in [4.69, 9.17) is 5.73 Å². The second kappa shape index (κ2) is 3.25. The van der Waals surface area contributed by atoms with Crippen LogP contribution in [-0.4, -0.2) is 0 Å². The Morgan fingerprint density at radius 1 is 1.20 bits per heavy atom. The minimum atomic E-state index is 0.910. The fraction of sp³-hybridized carbons (Fsp3) is 0.143. The Morgan fingerprint density at radius 2 is 1.70 bits per heavy atom. The normalized spacial score (nSPS) is 9.90. The molecule has 0 spiro atoms. The number of hydrogen-bond acceptors (Lipinski definition) is 1. The molecule has 0 fully saturated rings. The smallest absolute Gasteiger partial charge is 0.0490 e. The Kier molecular flexibility index (Phi) is 2.79. The summed E-state index contributed by atoms with van der Waals surface area (Å²) in [4.78, 5) is 0. The standard InChI is InChI=1S/C7H7I2N/c1-4-5(8)2-3-6(9)7(4)10/h2-3H,10H2,1H3. The lowest BCUT2D eigenvalue weighted by molar-refractivity contribution is 1.41. The summed E-state index contributed by atoms with van der Waals surface area (Å²) in [5, 5.41) is 0. The molecular weight excluding hydrogens is 352 g/mol. The van der Waals surface area contributed by atoms with Gasteiger partial charge in [0.05, 0.1) is 0 Å². The molecule has 0 saturated heterocycles. The third kappa shape index (κ3) is 1.55. The van der Waals surface area contributed by atoms with E-state index in [1.54, 1.807) is 0 Å². The van der Waals surface area contributed by atoms with E-state index in [1.165, 1.54) is 9.13 Å². The predicted octanol–water partition coefficient (Wildman–Crippen LogP) is 2.79. The lowest BCUT2D eigenvalue weighted by atomic mass is 10.2. The molecule has 1 aromatic carbocycles. The van der Waals surface area contributed by atoms with Crippen LogP contribution < -0.4 is 5.73 Å². The van der Waals surface area contributed by atoms with Crippen molar-refractivity contribution in [3.05, 3.63) is 24.8 Å². The minimum absolute atomic E-state index is 0.910. The van der Waals surface area contributed by atoms with Gasteiger partial charge in [-0.1, -0.05) is 0 Å². The molecule has 0 radical (unpaired) electrons. The van der Waals surface area contributed by atoms with Crippen LogP contribution in [0, 0.1) is 14.1 Å². The first-order valence-electron chi connectivity index (χ1n) is 2.83. The van der Waals surface area contributed by atoms with Crippen LogP contribution in [-0.2, 0) is 0 Å². The molecule has 3 heteroatoms. The number of nitrogen functional groups attached to an aromatic ring is 1. The number of halogens is 2. The summed E-state index contributed by atoms with van der Waals surface area (Å²) in [6, 6.07) is 4.11. The van der Waals surface area contributed by atoms with E-state index < -0.39 is 0 Å². The Hall–Kier alpha value is 0.480. The van der Waals surface area contributed by atoms with Crippen molar-refractivity contribution in [3.63, 3.8) is 0 Å². The summed E-state index contributed by atoms with van der Waals surface area (Å²) in [5.74, 6) is 0. The maximum absolute atomic E-state index is 5.77. The predicted molar refractivity (Wildman–Crippen MR) is 61.0 cm³/mol. The van der Waals surface area contributed by atoms with E-state index in [2.05, 4.69) is 51.2 Å². The summed E-state index contributed by atoms with van der Waals surface area (Å²) < 4.78 is 2.37. The Morgan fingerprint density at radius 3 is 2.20 bits per heavy atom. The first-order chi connectivity index (χ1) is 4.63. The summed E-state index contributed by atoms with van der Waals surface area (Å²) in [6.45, 7) is 2.04. The van der Waals surface area contributed by atoms with Gasteiger partial charge in [0.2, 0.25) is 0 Å². The van der Waals surface area contributed by atoms with Crippen LogP contribution in [0.15, 0.2) is 12.1 Å². The molecule has 0 unspecified atom stereocenters. The maximum atomic E-state index is 5.77. The van der Waals surface area contributed by atoms with Crippen molar-refractivity contribution in [3.8, 4) is 0 Å². The van der Waals surface area contributed by atoms with Gasteiger partial charge >= 0.3 is 0 Å². The van der Waals surface area contributed by atoms with Crippen LogP contribution in [0.4, 0.5) is 5.69 Å². The van der Waals surface area contributed by atoms with Gasteiger partial charge in [-0.3, -0.25) is 0 Å². The highest BCUT2D eigenvalue weighted by atomic mass is 127. The van der Waals surface area contributed by atoms with Gasteiger partial charge in [-0.2, -0.15) is 0 Å². The number of nitrogens with two attached hydrogens (primary N) is 1. The molecular formula is C7H7I2N. The third-order valence-electron chi connectivity index (χ3n) is 1.40. The van der Waals surface area contributed by atoms with Gasteiger partial charge in [0, 0.05) is 12.8 Å². The molecule has 54 valence electrons. The molecule has 1 nitrogen and oxygen atoms in total. The SMILES string of the molecule is Cc1c(I)ccc(I)c1N. The maximum Gasteiger partial charge on any atom is 0.0490 e. The van der Waals surface area contributed by atoms with Gasteiger partial charge in [-0.15, -0.1) is 0 Å². The van der Waals surface area contributed by atoms with Crippen LogP contribution in [0.5, 0.6) is 0 Å². The highest BCUT2D eigenvalue weighted by Gasteiger charge is 2.00. The van der Waals surface area contributed by atoms with Crippen LogP contribution in [0.25, 0.3) is 0 Å². The zero-order valence-electron chi connectivity index (χ0n) is 5.49. The average molecular weight is 359 g/mol. The molecule has 0 saturated carbocycles. The molecule has 1 aromatic rings. The molecule has 1 rings (SSSR count). The molecule has 0 aliphatic carbocycles. The van der Waals surface area contributed by atoms with Crippen molar-refractivity contribution in [1.82, 2.24) is 0 Å². The highest BCUT2D eigenvalue weighted by molar-refractivity contribution is 14.1. The van der Waals surface area contributed by atoms with Gasteiger partial charge in [-0.05, 0) is 69.8 Å². The first kappa shape index (κ1) is 8.58. The summed E-state index contributed by atoms with van der Waals surface area (Å²) in [7, 11) is 0. The van der Waals surface area contributed by atoms with Crippen LogP contribution in [0.2, 0.25) is 0 Å². The Bertz CT molecular complexity index is 231. The summed E-state index contributed by atoms with van der Waals surface area (Å²) >= 11 is 4.52. The van der Waals surface area contributed by atoms with Crippen molar-refractivity contribution in [2.24, 2.45) is 0 Å². The lowest BCUT2D eigenvalue weighted by Gasteiger charge is -2.03. The largest absolute Gasteiger partial charge is 0.398 e. The van der Waals surface area contributed by atoms with E-state index in [0.717, 1.165) is 9.26 Å². The van der Waals surface area contributed by atoms with Gasteiger partial charge in [0.15, 0.2) is 0 Å². The van der Waals surface area contributed by atoms with Crippen molar-refractivity contribution >= 4 is 50.9 Å². The fourth-order valence-electron chi connectivity index (χ4n) is 0.669. The molecule has 0 bridgehead atoms. The summed E-state index contributed by atoms with van der Waals surface area (Å²) in [6.07, 6.45) is 0. The zero-order chi connectivity index (χ0) is 7.72. The van der Waals surface area contributed by atoms with Gasteiger partial charge in [-0.25, -0.2) is 0 Å². The lowest BCUT2D eigenvalue weighted by Crippen LogP contribution is -1.94. The third-order valence-corrected chi connectivity index (χ3v) is 3.50. The van der Waals surface area contributed by atoms with Crippen LogP contribution in [0.3, 0.4) is 0 Å². The fourth-order valence-corrected chi connectivity index (χ4v) is 1.72. The topological polar surface area (TPSA) is 26.0 Å². The van der Waals surface area contributed by atoms with E-state index in [9.17, 15) is 0 Å². The molecule has 10 heavy (non-hydrogen) atoms. The molecule has 0 aliphatic heterocycles. The summed E-state index contributed by atoms with van der Waals surface area (Å²) in [5.41, 5.74) is 7.87. The number of benzene rings is 1. The minimum Gasteiger partial charge on any atom is -0.398 e. The Balaban J connectivity index is 3.34. The van der Waals surface area contributed by atoms with Gasteiger partial charge < -0.3 is 5.73 Å². The highest BCUT2D eigenvalue weighted by Crippen LogP contribution is 2.23. The van der Waals surface area contributed by atoms with Crippen molar-refractivity contribution in [2.45, 2.75) is 6.92 Å². The second-order valence-electron chi connectivity index (χ2n) is 2.07.